The van der Waals surface area contributed by atoms with Crippen LogP contribution in [0.3, 0.4) is 0 Å². The van der Waals surface area contributed by atoms with Crippen LogP contribution in [0.5, 0.6) is 0 Å². The molecular weight excluding hydrogens is 327 g/mol. The van der Waals surface area contributed by atoms with Crippen LogP contribution < -0.4 is 4.90 Å². The lowest BCUT2D eigenvalue weighted by Crippen LogP contribution is -2.39. The van der Waals surface area contributed by atoms with E-state index in [2.05, 4.69) is 4.74 Å². The van der Waals surface area contributed by atoms with E-state index < -0.39 is 34.1 Å². The van der Waals surface area contributed by atoms with Crippen LogP contribution in [0.1, 0.15) is 10.4 Å². The summed E-state index contributed by atoms with van der Waals surface area (Å²) in [7, 11) is -1.49. The van der Waals surface area contributed by atoms with Gasteiger partial charge in [-0.1, -0.05) is 0 Å². The number of anilines is 1. The minimum absolute atomic E-state index is 0.171. The first-order chi connectivity index (χ1) is 9.90. The number of carbonyl (C=O) groups excluding carboxylic acids is 1. The van der Waals surface area contributed by atoms with E-state index in [0.29, 0.717) is 5.69 Å². The van der Waals surface area contributed by atoms with Crippen LogP contribution in [0.4, 0.5) is 18.9 Å². The van der Waals surface area contributed by atoms with Crippen molar-refractivity contribution in [2.75, 3.05) is 24.7 Å². The Kier molecular flexibility index (Phi) is 5.41. The van der Waals surface area contributed by atoms with Crippen molar-refractivity contribution in [3.05, 3.63) is 29.8 Å². The van der Waals surface area contributed by atoms with Gasteiger partial charge in [-0.3, -0.25) is 4.55 Å². The number of hydrogen-bond acceptors (Lipinski definition) is 5. The summed E-state index contributed by atoms with van der Waals surface area (Å²) in [5, 5.41) is 0. The summed E-state index contributed by atoms with van der Waals surface area (Å²) in [5.74, 6) is -3.09. The molecule has 0 aliphatic rings. The highest BCUT2D eigenvalue weighted by molar-refractivity contribution is 7.85. The summed E-state index contributed by atoms with van der Waals surface area (Å²) >= 11 is 0. The van der Waals surface area contributed by atoms with Crippen molar-refractivity contribution in [3.8, 4) is 0 Å². The van der Waals surface area contributed by atoms with Gasteiger partial charge in [-0.25, -0.2) is 4.79 Å². The summed E-state index contributed by atoms with van der Waals surface area (Å²) in [4.78, 5) is 13.4. The second-order valence-electron chi connectivity index (χ2n) is 4.63. The highest BCUT2D eigenvalue weighted by Gasteiger charge is 2.45. The molecule has 0 radical (unpaired) electrons. The zero-order valence-corrected chi connectivity index (χ0v) is 12.5. The van der Waals surface area contributed by atoms with E-state index in [1.807, 2.05) is 0 Å². The number of benzene rings is 1. The fraction of sp³-hybridized carbons (Fsp3) is 0.417. The standard InChI is InChI=1S/C12H14F3NO5S/c1-16(2)9-5-3-8(4-6-9)11(17)21-10(12(13,14)15)7-22(18,19)20/h3-6,10H,7H2,1-2H3,(H,18,19,20). The van der Waals surface area contributed by atoms with Gasteiger partial charge in [-0.15, -0.1) is 0 Å². The van der Waals surface area contributed by atoms with Gasteiger partial charge in [0.2, 0.25) is 6.10 Å². The highest BCUT2D eigenvalue weighted by Crippen LogP contribution is 2.25. The molecule has 0 amide bonds. The normalized spacial score (nSPS) is 13.5. The maximum Gasteiger partial charge on any atom is 0.426 e. The molecule has 0 fully saturated rings. The topological polar surface area (TPSA) is 83.9 Å². The first-order valence-corrected chi connectivity index (χ1v) is 7.51. The summed E-state index contributed by atoms with van der Waals surface area (Å²) in [6, 6.07) is 5.47. The van der Waals surface area contributed by atoms with E-state index in [0.717, 1.165) is 0 Å². The molecule has 10 heteroatoms. The van der Waals surface area contributed by atoms with Gasteiger partial charge < -0.3 is 9.64 Å². The summed E-state index contributed by atoms with van der Waals surface area (Å²) < 4.78 is 71.7. The Labute approximate surface area is 125 Å². The number of alkyl halides is 3. The molecule has 6 nitrogen and oxygen atoms in total. The first-order valence-electron chi connectivity index (χ1n) is 5.90. The van der Waals surface area contributed by atoms with Crippen LogP contribution in [0.15, 0.2) is 24.3 Å². The average molecular weight is 341 g/mol. The summed E-state index contributed by atoms with van der Waals surface area (Å²) in [5.41, 5.74) is 0.539. The van der Waals surface area contributed by atoms with Gasteiger partial charge in [0, 0.05) is 19.8 Å². The zero-order chi connectivity index (χ0) is 17.1. The number of nitrogens with zero attached hydrogens (tertiary/aromatic N) is 1. The predicted octanol–water partition coefficient (Wildman–Crippen LogP) is 1.73. The molecule has 1 atom stereocenters. The first kappa shape index (κ1) is 18.2. The molecule has 0 saturated carbocycles. The summed E-state index contributed by atoms with van der Waals surface area (Å²) in [6.45, 7) is 0. The quantitative estimate of drug-likeness (QED) is 0.649. The monoisotopic (exact) mass is 341 g/mol. The fourth-order valence-corrected chi connectivity index (χ4v) is 2.12. The van der Waals surface area contributed by atoms with Crippen molar-refractivity contribution in [1.82, 2.24) is 0 Å². The van der Waals surface area contributed by atoms with E-state index in [4.69, 9.17) is 4.55 Å². The van der Waals surface area contributed by atoms with Gasteiger partial charge in [-0.2, -0.15) is 21.6 Å². The minimum Gasteiger partial charge on any atom is -0.448 e. The van der Waals surface area contributed by atoms with Crippen molar-refractivity contribution >= 4 is 21.8 Å². The van der Waals surface area contributed by atoms with Crippen LogP contribution in [0.25, 0.3) is 0 Å². The van der Waals surface area contributed by atoms with Gasteiger partial charge in [0.05, 0.1) is 5.56 Å². The van der Waals surface area contributed by atoms with E-state index >= 15 is 0 Å². The van der Waals surface area contributed by atoms with Crippen LogP contribution in [-0.2, 0) is 14.9 Å². The van der Waals surface area contributed by atoms with Gasteiger partial charge in [0.1, 0.15) is 5.75 Å². The lowest BCUT2D eigenvalue weighted by atomic mass is 10.2. The van der Waals surface area contributed by atoms with Gasteiger partial charge in [0.25, 0.3) is 10.1 Å². The van der Waals surface area contributed by atoms with Crippen LogP contribution >= 0.6 is 0 Å². The molecule has 22 heavy (non-hydrogen) atoms. The Bertz CT molecular complexity index is 625. The molecule has 0 aromatic heterocycles. The molecule has 0 bridgehead atoms. The molecule has 1 unspecified atom stereocenters. The third-order valence-corrected chi connectivity index (χ3v) is 3.32. The third-order valence-electron chi connectivity index (χ3n) is 2.60. The number of rotatable bonds is 5. The Hall–Kier alpha value is -1.81. The van der Waals surface area contributed by atoms with E-state index in [-0.39, 0.29) is 5.56 Å². The smallest absolute Gasteiger partial charge is 0.426 e. The lowest BCUT2D eigenvalue weighted by molar-refractivity contribution is -0.197. The summed E-state index contributed by atoms with van der Waals surface area (Å²) in [6.07, 6.45) is -8.06. The Balaban J connectivity index is 2.91. The Morgan fingerprint density at radius 1 is 1.27 bits per heavy atom. The fourth-order valence-electron chi connectivity index (χ4n) is 1.48. The molecule has 0 heterocycles. The SMILES string of the molecule is CN(C)c1ccc(C(=O)OC(CS(=O)(=O)O)C(F)(F)F)cc1. The van der Waals surface area contributed by atoms with Gasteiger partial charge in [0.15, 0.2) is 0 Å². The van der Waals surface area contributed by atoms with Crippen LogP contribution in [-0.4, -0.2) is 51.1 Å². The lowest BCUT2D eigenvalue weighted by Gasteiger charge is -2.19. The second kappa shape index (κ2) is 6.53. The van der Waals surface area contributed by atoms with E-state index in [1.165, 1.54) is 24.3 Å². The number of halogens is 3. The molecule has 0 aliphatic heterocycles. The molecule has 1 N–H and O–H groups in total. The molecular formula is C12H14F3NO5S. The van der Waals surface area contributed by atoms with Crippen LogP contribution in [0.2, 0.25) is 0 Å². The van der Waals surface area contributed by atoms with E-state index in [9.17, 15) is 26.4 Å². The maximum absolute atomic E-state index is 12.6. The average Bonchev–Trinajstić information content (AvgIpc) is 2.35. The van der Waals surface area contributed by atoms with Crippen molar-refractivity contribution in [2.24, 2.45) is 0 Å². The molecule has 0 aliphatic carbocycles. The van der Waals surface area contributed by atoms with Gasteiger partial charge >= 0.3 is 12.1 Å². The molecule has 124 valence electrons. The third kappa shape index (κ3) is 5.53. The molecule has 1 aromatic rings. The highest BCUT2D eigenvalue weighted by atomic mass is 32.2. The van der Waals surface area contributed by atoms with Crippen molar-refractivity contribution in [1.29, 1.82) is 0 Å². The van der Waals surface area contributed by atoms with Crippen molar-refractivity contribution < 1.29 is 35.7 Å². The van der Waals surface area contributed by atoms with Gasteiger partial charge in [-0.05, 0) is 24.3 Å². The molecule has 1 rings (SSSR count). The second-order valence-corrected chi connectivity index (χ2v) is 6.12. The maximum atomic E-state index is 12.6. The number of ether oxygens (including phenoxy) is 1. The van der Waals surface area contributed by atoms with Crippen molar-refractivity contribution in [3.63, 3.8) is 0 Å². The Morgan fingerprint density at radius 3 is 2.14 bits per heavy atom. The van der Waals surface area contributed by atoms with Crippen molar-refractivity contribution in [2.45, 2.75) is 12.3 Å². The van der Waals surface area contributed by atoms with Crippen LogP contribution in [0, 0.1) is 0 Å². The molecule has 1 aromatic carbocycles. The molecule has 0 saturated heterocycles. The number of esters is 1. The number of hydrogen-bond donors (Lipinski definition) is 1. The zero-order valence-electron chi connectivity index (χ0n) is 11.7. The predicted molar refractivity (Wildman–Crippen MR) is 72.4 cm³/mol. The van der Waals surface area contributed by atoms with E-state index in [1.54, 1.807) is 19.0 Å². The number of carbonyl (C=O) groups is 1. The Morgan fingerprint density at radius 2 is 1.77 bits per heavy atom. The largest absolute Gasteiger partial charge is 0.448 e. The molecule has 0 spiro atoms. The minimum atomic E-state index is -5.12.